The number of carbonyl (C=O) groups is 1. The zero-order valence-corrected chi connectivity index (χ0v) is 14.4. The van der Waals surface area contributed by atoms with Crippen molar-refractivity contribution in [3.8, 4) is 0 Å². The molecule has 0 bridgehead atoms. The van der Waals surface area contributed by atoms with Gasteiger partial charge in [-0.15, -0.1) is 0 Å². The molecule has 2 atom stereocenters. The smallest absolute Gasteiger partial charge is 0.274 e. The Labute approximate surface area is 149 Å². The van der Waals surface area contributed by atoms with Gasteiger partial charge in [-0.25, -0.2) is 4.98 Å². The molecule has 134 valence electrons. The van der Waals surface area contributed by atoms with Crippen LogP contribution in [0, 0.1) is 0 Å². The predicted octanol–water partition coefficient (Wildman–Crippen LogP) is 2.20. The number of amides is 1. The maximum Gasteiger partial charge on any atom is 0.274 e. The molecule has 0 unspecified atom stereocenters. The first-order chi connectivity index (χ1) is 12.7. The molecule has 5 rings (SSSR count). The van der Waals surface area contributed by atoms with Crippen LogP contribution < -0.4 is 0 Å². The van der Waals surface area contributed by atoms with Crippen molar-refractivity contribution in [1.29, 1.82) is 0 Å². The molecular weight excluding hydrogens is 334 g/mol. The molecule has 0 aromatic carbocycles. The van der Waals surface area contributed by atoms with E-state index in [0.29, 0.717) is 30.6 Å². The standard InChI is InChI=1S/C18H19N5O3/c1-11-8-23(18(24)13-9-22-7-3-2-4-15(22)19-13)10-14(25-11)17-20-16(21-26-17)12-5-6-12/h2-4,7,9,11-12,14H,5-6,8,10H2,1H3/t11-,14-/m1/s1. The summed E-state index contributed by atoms with van der Waals surface area (Å²) in [6, 6.07) is 5.68. The highest BCUT2D eigenvalue weighted by molar-refractivity contribution is 5.93. The van der Waals surface area contributed by atoms with Crippen molar-refractivity contribution in [3.63, 3.8) is 0 Å². The Hall–Kier alpha value is -2.74. The lowest BCUT2D eigenvalue weighted by Gasteiger charge is -2.34. The Morgan fingerprint density at radius 1 is 1.23 bits per heavy atom. The third-order valence-corrected chi connectivity index (χ3v) is 4.81. The zero-order valence-electron chi connectivity index (χ0n) is 14.4. The van der Waals surface area contributed by atoms with E-state index in [1.807, 2.05) is 35.7 Å². The fourth-order valence-corrected chi connectivity index (χ4v) is 3.34. The number of fused-ring (bicyclic) bond motifs is 1. The number of nitrogens with zero attached hydrogens (tertiary/aromatic N) is 5. The Morgan fingerprint density at radius 2 is 2.12 bits per heavy atom. The van der Waals surface area contributed by atoms with E-state index in [1.165, 1.54) is 0 Å². The minimum atomic E-state index is -0.403. The van der Waals surface area contributed by atoms with Crippen LogP contribution in [0.3, 0.4) is 0 Å². The number of rotatable bonds is 3. The minimum absolute atomic E-state index is 0.115. The molecule has 26 heavy (non-hydrogen) atoms. The normalized spacial score (nSPS) is 23.5. The largest absolute Gasteiger partial charge is 0.362 e. The highest BCUT2D eigenvalue weighted by Crippen LogP contribution is 2.39. The summed E-state index contributed by atoms with van der Waals surface area (Å²) in [5.41, 5.74) is 1.17. The predicted molar refractivity (Wildman–Crippen MR) is 90.7 cm³/mol. The van der Waals surface area contributed by atoms with Crippen LogP contribution in [0.5, 0.6) is 0 Å². The first-order valence-electron chi connectivity index (χ1n) is 8.89. The number of ether oxygens (including phenoxy) is 1. The van der Waals surface area contributed by atoms with Gasteiger partial charge in [-0.3, -0.25) is 4.79 Å². The van der Waals surface area contributed by atoms with Gasteiger partial charge in [0.15, 0.2) is 11.9 Å². The lowest BCUT2D eigenvalue weighted by atomic mass is 10.2. The lowest BCUT2D eigenvalue weighted by Crippen LogP contribution is -2.46. The molecule has 1 saturated carbocycles. The summed E-state index contributed by atoms with van der Waals surface area (Å²) in [6.45, 7) is 2.82. The number of hydrogen-bond donors (Lipinski definition) is 0. The van der Waals surface area contributed by atoms with Gasteiger partial charge in [0.1, 0.15) is 11.3 Å². The van der Waals surface area contributed by atoms with Crippen molar-refractivity contribution in [2.45, 2.75) is 37.9 Å². The third-order valence-electron chi connectivity index (χ3n) is 4.81. The molecule has 3 aromatic heterocycles. The molecule has 0 spiro atoms. The molecule has 2 aliphatic rings. The summed E-state index contributed by atoms with van der Waals surface area (Å²) in [6.07, 6.45) is 5.33. The lowest BCUT2D eigenvalue weighted by molar-refractivity contribution is -0.0811. The molecular formula is C18H19N5O3. The van der Waals surface area contributed by atoms with E-state index >= 15 is 0 Å². The van der Waals surface area contributed by atoms with Gasteiger partial charge in [-0.05, 0) is 31.9 Å². The Balaban J connectivity index is 1.38. The van der Waals surface area contributed by atoms with E-state index in [-0.39, 0.29) is 12.0 Å². The molecule has 3 aromatic rings. The summed E-state index contributed by atoms with van der Waals surface area (Å²) in [4.78, 5) is 23.6. The summed E-state index contributed by atoms with van der Waals surface area (Å²) in [5.74, 6) is 1.51. The highest BCUT2D eigenvalue weighted by atomic mass is 16.5. The van der Waals surface area contributed by atoms with E-state index in [0.717, 1.165) is 24.3 Å². The molecule has 1 aliphatic carbocycles. The summed E-state index contributed by atoms with van der Waals surface area (Å²) < 4.78 is 13.2. The van der Waals surface area contributed by atoms with Gasteiger partial charge in [0, 0.05) is 24.9 Å². The number of aromatic nitrogens is 4. The van der Waals surface area contributed by atoms with Crippen molar-refractivity contribution in [2.24, 2.45) is 0 Å². The topological polar surface area (TPSA) is 85.8 Å². The van der Waals surface area contributed by atoms with Gasteiger partial charge in [-0.2, -0.15) is 4.98 Å². The van der Waals surface area contributed by atoms with Crippen molar-refractivity contribution in [2.75, 3.05) is 13.1 Å². The van der Waals surface area contributed by atoms with Crippen LogP contribution in [0.25, 0.3) is 5.65 Å². The van der Waals surface area contributed by atoms with Gasteiger partial charge < -0.3 is 18.6 Å². The minimum Gasteiger partial charge on any atom is -0.362 e. The van der Waals surface area contributed by atoms with Crippen LogP contribution in [0.2, 0.25) is 0 Å². The average Bonchev–Trinajstić information content (AvgIpc) is 3.21. The Bertz CT molecular complexity index is 928. The Morgan fingerprint density at radius 3 is 2.92 bits per heavy atom. The molecule has 1 saturated heterocycles. The summed E-state index contributed by atoms with van der Waals surface area (Å²) in [5, 5.41) is 4.05. The number of morpholine rings is 1. The van der Waals surface area contributed by atoms with Crippen LogP contribution in [-0.2, 0) is 4.74 Å². The van der Waals surface area contributed by atoms with E-state index < -0.39 is 6.10 Å². The Kier molecular flexibility index (Phi) is 3.53. The fraction of sp³-hybridized carbons (Fsp3) is 0.444. The SMILES string of the molecule is C[C@@H]1CN(C(=O)c2cn3ccccc3n2)C[C@H](c2nc(C3CC3)no2)O1. The highest BCUT2D eigenvalue weighted by Gasteiger charge is 2.36. The molecule has 1 aliphatic heterocycles. The number of carbonyl (C=O) groups excluding carboxylic acids is 1. The second-order valence-electron chi connectivity index (χ2n) is 7.00. The second kappa shape index (κ2) is 5.91. The number of pyridine rings is 1. The second-order valence-corrected chi connectivity index (χ2v) is 7.00. The molecule has 0 radical (unpaired) electrons. The van der Waals surface area contributed by atoms with Crippen LogP contribution >= 0.6 is 0 Å². The molecule has 2 fully saturated rings. The van der Waals surface area contributed by atoms with Gasteiger partial charge >= 0.3 is 0 Å². The van der Waals surface area contributed by atoms with E-state index in [1.54, 1.807) is 11.1 Å². The molecule has 0 N–H and O–H groups in total. The van der Waals surface area contributed by atoms with Crippen LogP contribution in [-0.4, -0.2) is 49.5 Å². The number of hydrogen-bond acceptors (Lipinski definition) is 6. The first-order valence-corrected chi connectivity index (χ1v) is 8.89. The van der Waals surface area contributed by atoms with Crippen molar-refractivity contribution in [1.82, 2.24) is 24.4 Å². The monoisotopic (exact) mass is 353 g/mol. The fourth-order valence-electron chi connectivity index (χ4n) is 3.34. The van der Waals surface area contributed by atoms with Crippen LogP contribution in [0.1, 0.15) is 54.0 Å². The maximum atomic E-state index is 12.9. The van der Waals surface area contributed by atoms with Crippen molar-refractivity contribution >= 4 is 11.6 Å². The first kappa shape index (κ1) is 15.5. The number of imidazole rings is 1. The quantitative estimate of drug-likeness (QED) is 0.717. The van der Waals surface area contributed by atoms with Gasteiger partial charge in [-0.1, -0.05) is 11.2 Å². The summed E-state index contributed by atoms with van der Waals surface area (Å²) in [7, 11) is 0. The molecule has 8 heteroatoms. The zero-order chi connectivity index (χ0) is 17.7. The van der Waals surface area contributed by atoms with E-state index in [9.17, 15) is 4.79 Å². The van der Waals surface area contributed by atoms with E-state index in [4.69, 9.17) is 9.26 Å². The third kappa shape index (κ3) is 2.76. The molecule has 8 nitrogen and oxygen atoms in total. The molecule has 4 heterocycles. The van der Waals surface area contributed by atoms with Crippen molar-refractivity contribution in [3.05, 3.63) is 48.0 Å². The van der Waals surface area contributed by atoms with Crippen LogP contribution in [0.15, 0.2) is 35.1 Å². The molecule has 1 amide bonds. The van der Waals surface area contributed by atoms with Crippen molar-refractivity contribution < 1.29 is 14.1 Å². The van der Waals surface area contributed by atoms with Crippen LogP contribution in [0.4, 0.5) is 0 Å². The average molecular weight is 353 g/mol. The van der Waals surface area contributed by atoms with Gasteiger partial charge in [0.2, 0.25) is 0 Å². The van der Waals surface area contributed by atoms with E-state index in [2.05, 4.69) is 15.1 Å². The van der Waals surface area contributed by atoms with Gasteiger partial charge in [0.25, 0.3) is 11.8 Å². The maximum absolute atomic E-state index is 12.9. The van der Waals surface area contributed by atoms with Gasteiger partial charge in [0.05, 0.1) is 12.6 Å². The summed E-state index contributed by atoms with van der Waals surface area (Å²) >= 11 is 0.